The summed E-state index contributed by atoms with van der Waals surface area (Å²) in [6.45, 7) is 1.36. The molecule has 2 aromatic heterocycles. The smallest absolute Gasteiger partial charge is 0.226 e. The minimum Gasteiger partial charge on any atom is -0.444 e. The van der Waals surface area contributed by atoms with Gasteiger partial charge in [0.2, 0.25) is 11.0 Å². The first-order chi connectivity index (χ1) is 11.3. The maximum Gasteiger partial charge on any atom is 0.226 e. The normalized spacial score (nSPS) is 10.8. The van der Waals surface area contributed by atoms with Gasteiger partial charge in [0.15, 0.2) is 4.34 Å². The summed E-state index contributed by atoms with van der Waals surface area (Å²) in [4.78, 5) is 4.50. The van der Waals surface area contributed by atoms with Gasteiger partial charge in [0.1, 0.15) is 6.26 Å². The van der Waals surface area contributed by atoms with Crippen LogP contribution in [0.15, 0.2) is 45.4 Å². The van der Waals surface area contributed by atoms with E-state index in [4.69, 9.17) is 9.15 Å². The van der Waals surface area contributed by atoms with E-state index in [1.807, 2.05) is 30.3 Å². The first-order valence-corrected chi connectivity index (χ1v) is 8.84. The molecule has 0 unspecified atom stereocenters. The number of aromatic nitrogens is 3. The van der Waals surface area contributed by atoms with Crippen molar-refractivity contribution in [3.63, 3.8) is 0 Å². The molecule has 0 aliphatic rings. The third-order valence-corrected chi connectivity index (χ3v) is 4.95. The van der Waals surface area contributed by atoms with Crippen molar-refractivity contribution in [2.45, 2.75) is 10.1 Å². The molecule has 6 nitrogen and oxygen atoms in total. The number of ether oxygens (including phenoxy) is 1. The molecule has 2 heterocycles. The average Bonchev–Trinajstić information content (AvgIpc) is 3.23. The predicted molar refractivity (Wildman–Crippen MR) is 91.8 cm³/mol. The van der Waals surface area contributed by atoms with Gasteiger partial charge in [-0.05, 0) is 12.1 Å². The van der Waals surface area contributed by atoms with Crippen molar-refractivity contribution < 1.29 is 9.15 Å². The molecule has 1 aromatic carbocycles. The Hall–Kier alpha value is -1.90. The molecule has 3 rings (SSSR count). The Morgan fingerprint density at radius 1 is 1.26 bits per heavy atom. The van der Waals surface area contributed by atoms with Crippen LogP contribution in [0.25, 0.3) is 11.5 Å². The number of rotatable bonds is 8. The minimum absolute atomic E-state index is 0.639. The van der Waals surface area contributed by atoms with Crippen LogP contribution >= 0.6 is 23.1 Å². The van der Waals surface area contributed by atoms with Gasteiger partial charge in [-0.25, -0.2) is 4.98 Å². The van der Waals surface area contributed by atoms with E-state index >= 15 is 0 Å². The van der Waals surface area contributed by atoms with Gasteiger partial charge in [-0.15, -0.1) is 10.2 Å². The SMILES string of the molecule is COCCNc1nnc(SCc2coc(-c3ccccc3)n2)s1. The number of hydrogen-bond acceptors (Lipinski definition) is 8. The van der Waals surface area contributed by atoms with Crippen LogP contribution in [0.5, 0.6) is 0 Å². The van der Waals surface area contributed by atoms with Gasteiger partial charge in [-0.1, -0.05) is 41.3 Å². The molecule has 3 aromatic rings. The molecule has 8 heteroatoms. The molecule has 0 fully saturated rings. The molecular weight excluding hydrogens is 332 g/mol. The summed E-state index contributed by atoms with van der Waals surface area (Å²) < 4.78 is 11.4. The van der Waals surface area contributed by atoms with E-state index in [1.54, 1.807) is 25.1 Å². The van der Waals surface area contributed by atoms with E-state index in [0.29, 0.717) is 18.3 Å². The fourth-order valence-corrected chi connectivity index (χ4v) is 3.48. The van der Waals surface area contributed by atoms with Crippen molar-refractivity contribution >= 4 is 28.2 Å². The molecule has 0 aliphatic heterocycles. The Morgan fingerprint density at radius 3 is 2.96 bits per heavy atom. The summed E-state index contributed by atoms with van der Waals surface area (Å²) >= 11 is 3.11. The van der Waals surface area contributed by atoms with Crippen molar-refractivity contribution in [3.05, 3.63) is 42.3 Å². The summed E-state index contributed by atoms with van der Waals surface area (Å²) in [6, 6.07) is 9.86. The molecule has 0 saturated carbocycles. The lowest BCUT2D eigenvalue weighted by Gasteiger charge is -1.98. The Bertz CT molecular complexity index is 730. The largest absolute Gasteiger partial charge is 0.444 e. The molecule has 0 saturated heterocycles. The number of thioether (sulfide) groups is 1. The summed E-state index contributed by atoms with van der Waals surface area (Å²) in [5.41, 5.74) is 1.86. The summed E-state index contributed by atoms with van der Waals surface area (Å²) in [5, 5.41) is 12.2. The van der Waals surface area contributed by atoms with Crippen molar-refractivity contribution in [3.8, 4) is 11.5 Å². The summed E-state index contributed by atoms with van der Waals surface area (Å²) in [7, 11) is 1.67. The van der Waals surface area contributed by atoms with E-state index in [1.165, 1.54) is 11.3 Å². The predicted octanol–water partition coefficient (Wildman–Crippen LogP) is 3.54. The monoisotopic (exact) mass is 348 g/mol. The van der Waals surface area contributed by atoms with Crippen LogP contribution in [0.2, 0.25) is 0 Å². The quantitative estimate of drug-likeness (QED) is 0.493. The van der Waals surface area contributed by atoms with Gasteiger partial charge >= 0.3 is 0 Å². The molecular formula is C15H16N4O2S2. The molecule has 0 radical (unpaired) electrons. The molecule has 120 valence electrons. The fraction of sp³-hybridized carbons (Fsp3) is 0.267. The van der Waals surface area contributed by atoms with Crippen molar-refractivity contribution in [2.24, 2.45) is 0 Å². The van der Waals surface area contributed by atoms with Crippen LogP contribution in [0.4, 0.5) is 5.13 Å². The number of anilines is 1. The molecule has 0 spiro atoms. The zero-order valence-corrected chi connectivity index (χ0v) is 14.2. The highest BCUT2D eigenvalue weighted by atomic mass is 32.2. The third-order valence-electron chi connectivity index (χ3n) is 2.90. The van der Waals surface area contributed by atoms with E-state index in [-0.39, 0.29) is 0 Å². The molecule has 23 heavy (non-hydrogen) atoms. The maximum atomic E-state index is 5.53. The van der Waals surface area contributed by atoms with Gasteiger partial charge in [0.05, 0.1) is 12.3 Å². The van der Waals surface area contributed by atoms with Gasteiger partial charge in [0.25, 0.3) is 0 Å². The molecule has 1 N–H and O–H groups in total. The number of benzene rings is 1. The number of nitrogens with one attached hydrogen (secondary N) is 1. The average molecular weight is 348 g/mol. The first kappa shape index (κ1) is 16.0. The minimum atomic E-state index is 0.639. The highest BCUT2D eigenvalue weighted by molar-refractivity contribution is 8.00. The highest BCUT2D eigenvalue weighted by Gasteiger charge is 2.09. The van der Waals surface area contributed by atoms with Crippen molar-refractivity contribution in [1.29, 1.82) is 0 Å². The van der Waals surface area contributed by atoms with Crippen LogP contribution in [0.3, 0.4) is 0 Å². The van der Waals surface area contributed by atoms with E-state index < -0.39 is 0 Å². The highest BCUT2D eigenvalue weighted by Crippen LogP contribution is 2.29. The third kappa shape index (κ3) is 4.54. The summed E-state index contributed by atoms with van der Waals surface area (Å²) in [6.07, 6.45) is 1.69. The lowest BCUT2D eigenvalue weighted by molar-refractivity contribution is 0.211. The maximum absolute atomic E-state index is 5.53. The van der Waals surface area contributed by atoms with Gasteiger partial charge in [-0.3, -0.25) is 0 Å². The van der Waals surface area contributed by atoms with Crippen LogP contribution in [-0.4, -0.2) is 35.4 Å². The zero-order chi connectivity index (χ0) is 15.9. The first-order valence-electron chi connectivity index (χ1n) is 7.04. The molecule has 0 atom stereocenters. The Balaban J connectivity index is 1.54. The molecule has 0 amide bonds. The van der Waals surface area contributed by atoms with Crippen LogP contribution in [-0.2, 0) is 10.5 Å². The van der Waals surface area contributed by atoms with Gasteiger partial charge in [0, 0.05) is 25.0 Å². The van der Waals surface area contributed by atoms with E-state index in [9.17, 15) is 0 Å². The number of nitrogens with zero attached hydrogens (tertiary/aromatic N) is 3. The van der Waals surface area contributed by atoms with Crippen LogP contribution in [0.1, 0.15) is 5.69 Å². The van der Waals surface area contributed by atoms with Crippen molar-refractivity contribution in [2.75, 3.05) is 25.6 Å². The standard InChI is InChI=1S/C15H16N4O2S2/c1-20-8-7-16-14-18-19-15(23-14)22-10-12-9-21-13(17-12)11-5-3-2-4-6-11/h2-6,9H,7-8,10H2,1H3,(H,16,18). The van der Waals surface area contributed by atoms with Gasteiger partial charge in [-0.2, -0.15) is 0 Å². The Labute approximate surface area is 142 Å². The second-order valence-electron chi connectivity index (χ2n) is 4.59. The summed E-state index contributed by atoms with van der Waals surface area (Å²) in [5.74, 6) is 1.34. The molecule has 0 aliphatic carbocycles. The number of hydrogen-bond donors (Lipinski definition) is 1. The van der Waals surface area contributed by atoms with Crippen LogP contribution in [0, 0.1) is 0 Å². The second-order valence-corrected chi connectivity index (χ2v) is 6.79. The Morgan fingerprint density at radius 2 is 2.13 bits per heavy atom. The number of methoxy groups -OCH3 is 1. The fourth-order valence-electron chi connectivity index (χ4n) is 1.82. The lowest BCUT2D eigenvalue weighted by Crippen LogP contribution is -2.06. The second kappa shape index (κ2) is 8.09. The Kier molecular flexibility index (Phi) is 5.62. The molecule has 0 bridgehead atoms. The van der Waals surface area contributed by atoms with E-state index in [0.717, 1.165) is 27.3 Å². The zero-order valence-electron chi connectivity index (χ0n) is 12.6. The lowest BCUT2D eigenvalue weighted by atomic mass is 10.2. The topological polar surface area (TPSA) is 73.1 Å². The van der Waals surface area contributed by atoms with Gasteiger partial charge < -0.3 is 14.5 Å². The van der Waals surface area contributed by atoms with Crippen LogP contribution < -0.4 is 5.32 Å². The van der Waals surface area contributed by atoms with E-state index in [2.05, 4.69) is 20.5 Å². The number of oxazole rings is 1. The van der Waals surface area contributed by atoms with Crippen molar-refractivity contribution in [1.82, 2.24) is 15.2 Å².